The summed E-state index contributed by atoms with van der Waals surface area (Å²) in [6.45, 7) is 11.2. The second-order valence-electron chi connectivity index (χ2n) is 4.51. The smallest absolute Gasteiger partial charge is 0.0485 e. The van der Waals surface area contributed by atoms with E-state index in [1.807, 2.05) is 12.2 Å². The number of nitrogens with zero attached hydrogens (tertiary/aromatic N) is 1. The number of allylic oxidation sites excluding steroid dienone is 2. The third-order valence-corrected chi connectivity index (χ3v) is 2.65. The molecule has 0 aromatic carbocycles. The predicted molar refractivity (Wildman–Crippen MR) is 64.7 cm³/mol. The zero-order chi connectivity index (χ0) is 11.1. The van der Waals surface area contributed by atoms with Crippen LogP contribution in [0, 0.1) is 5.92 Å². The molecule has 86 valence electrons. The second-order valence-corrected chi connectivity index (χ2v) is 4.51. The molecule has 0 radical (unpaired) electrons. The summed E-state index contributed by atoms with van der Waals surface area (Å²) in [7, 11) is 0. The van der Waals surface area contributed by atoms with E-state index < -0.39 is 0 Å². The van der Waals surface area contributed by atoms with Gasteiger partial charge in [-0.05, 0) is 31.0 Å². The minimum absolute atomic E-state index is 0.650. The third-order valence-electron chi connectivity index (χ3n) is 2.65. The van der Waals surface area contributed by atoms with Crippen molar-refractivity contribution in [2.45, 2.75) is 32.7 Å². The van der Waals surface area contributed by atoms with Crippen molar-refractivity contribution in [3.63, 3.8) is 0 Å². The summed E-state index contributed by atoms with van der Waals surface area (Å²) >= 11 is 0. The van der Waals surface area contributed by atoms with Gasteiger partial charge in [0.1, 0.15) is 0 Å². The molecule has 0 N–H and O–H groups in total. The van der Waals surface area contributed by atoms with Crippen LogP contribution in [0.4, 0.5) is 0 Å². The van der Waals surface area contributed by atoms with Gasteiger partial charge in [0.05, 0.1) is 0 Å². The minimum Gasteiger partial charge on any atom is -0.381 e. The van der Waals surface area contributed by atoms with E-state index in [2.05, 4.69) is 31.5 Å². The summed E-state index contributed by atoms with van der Waals surface area (Å²) in [6.07, 6.45) is 8.33. The first-order valence-corrected chi connectivity index (χ1v) is 5.86. The first-order chi connectivity index (χ1) is 7.24. The van der Waals surface area contributed by atoms with Crippen molar-refractivity contribution >= 4 is 0 Å². The molecular formula is C13H23NO. The maximum absolute atomic E-state index is 5.39. The first-order valence-electron chi connectivity index (χ1n) is 5.86. The molecule has 15 heavy (non-hydrogen) atoms. The zero-order valence-electron chi connectivity index (χ0n) is 9.98. The van der Waals surface area contributed by atoms with Gasteiger partial charge in [-0.2, -0.15) is 0 Å². The number of rotatable bonds is 5. The Morgan fingerprint density at radius 1 is 1.40 bits per heavy atom. The normalized spacial score (nSPS) is 18.6. The molecule has 0 bridgehead atoms. The van der Waals surface area contributed by atoms with E-state index in [9.17, 15) is 0 Å². The Labute approximate surface area is 93.6 Å². The molecule has 0 unspecified atom stereocenters. The van der Waals surface area contributed by atoms with E-state index in [0.29, 0.717) is 12.0 Å². The van der Waals surface area contributed by atoms with Gasteiger partial charge in [-0.15, -0.1) is 0 Å². The van der Waals surface area contributed by atoms with Crippen LogP contribution in [0.15, 0.2) is 24.9 Å². The van der Waals surface area contributed by atoms with E-state index in [1.54, 1.807) is 0 Å². The summed E-state index contributed by atoms with van der Waals surface area (Å²) in [4.78, 5) is 2.44. The van der Waals surface area contributed by atoms with Gasteiger partial charge in [-0.25, -0.2) is 0 Å². The molecule has 2 heteroatoms. The first kappa shape index (κ1) is 12.3. The average Bonchev–Trinajstić information content (AvgIpc) is 2.25. The average molecular weight is 209 g/mol. The lowest BCUT2D eigenvalue weighted by atomic mass is 10.1. The lowest BCUT2D eigenvalue weighted by Crippen LogP contribution is -2.37. The van der Waals surface area contributed by atoms with E-state index in [1.165, 1.54) is 0 Å². The van der Waals surface area contributed by atoms with Crippen LogP contribution >= 0.6 is 0 Å². The molecule has 1 saturated heterocycles. The number of ether oxygens (including phenoxy) is 1. The summed E-state index contributed by atoms with van der Waals surface area (Å²) < 4.78 is 5.39. The fourth-order valence-corrected chi connectivity index (χ4v) is 1.94. The molecule has 0 amide bonds. The van der Waals surface area contributed by atoms with Crippen LogP contribution in [-0.4, -0.2) is 30.7 Å². The molecule has 0 spiro atoms. The van der Waals surface area contributed by atoms with Crippen molar-refractivity contribution in [2.24, 2.45) is 5.92 Å². The fourth-order valence-electron chi connectivity index (χ4n) is 1.94. The summed E-state index contributed by atoms with van der Waals surface area (Å²) in [5, 5.41) is 0. The van der Waals surface area contributed by atoms with Gasteiger partial charge >= 0.3 is 0 Å². The highest BCUT2D eigenvalue weighted by atomic mass is 16.5. The van der Waals surface area contributed by atoms with Crippen LogP contribution in [0.2, 0.25) is 0 Å². The Morgan fingerprint density at radius 3 is 2.60 bits per heavy atom. The highest BCUT2D eigenvalue weighted by molar-refractivity contribution is 4.98. The molecule has 1 aliphatic heterocycles. The monoisotopic (exact) mass is 209 g/mol. The molecule has 0 aliphatic carbocycles. The molecule has 0 atom stereocenters. The minimum atomic E-state index is 0.650. The molecule has 0 saturated carbocycles. The standard InChI is InChI=1S/C13H23NO/c1-4-5-8-14(11-12(2)3)13-6-9-15-10-7-13/h4-5,8,12-13H,1,6-7,9-11H2,2-3H3/b8-5+. The van der Waals surface area contributed by atoms with E-state index in [0.717, 1.165) is 32.6 Å². The molecule has 0 aromatic rings. The molecule has 1 aliphatic rings. The molecule has 0 aromatic heterocycles. The molecule has 2 nitrogen and oxygen atoms in total. The number of hydrogen-bond donors (Lipinski definition) is 0. The van der Waals surface area contributed by atoms with Crippen molar-refractivity contribution in [1.82, 2.24) is 4.90 Å². The van der Waals surface area contributed by atoms with E-state index >= 15 is 0 Å². The van der Waals surface area contributed by atoms with Crippen LogP contribution < -0.4 is 0 Å². The van der Waals surface area contributed by atoms with Crippen LogP contribution in [0.25, 0.3) is 0 Å². The second kappa shape index (κ2) is 6.67. The Hall–Kier alpha value is -0.760. The van der Waals surface area contributed by atoms with Crippen molar-refractivity contribution in [3.8, 4) is 0 Å². The Bertz CT molecular complexity index is 205. The van der Waals surface area contributed by atoms with E-state index in [4.69, 9.17) is 4.74 Å². The Morgan fingerprint density at radius 2 is 2.07 bits per heavy atom. The summed E-state index contributed by atoms with van der Waals surface area (Å²) in [6, 6.07) is 0.650. The quantitative estimate of drug-likeness (QED) is 0.646. The van der Waals surface area contributed by atoms with E-state index in [-0.39, 0.29) is 0 Å². The zero-order valence-corrected chi connectivity index (χ0v) is 9.98. The van der Waals surface area contributed by atoms with Crippen molar-refractivity contribution in [1.29, 1.82) is 0 Å². The van der Waals surface area contributed by atoms with Gasteiger partial charge in [0.25, 0.3) is 0 Å². The molecule has 1 fully saturated rings. The predicted octanol–water partition coefficient (Wildman–Crippen LogP) is 2.82. The van der Waals surface area contributed by atoms with Gasteiger partial charge in [0, 0.05) is 25.8 Å². The lowest BCUT2D eigenvalue weighted by Gasteiger charge is -2.34. The molecule has 1 rings (SSSR count). The Kier molecular flexibility index (Phi) is 5.48. The molecule has 1 heterocycles. The summed E-state index contributed by atoms with van der Waals surface area (Å²) in [5.74, 6) is 0.697. The number of hydrogen-bond acceptors (Lipinski definition) is 2. The van der Waals surface area contributed by atoms with Crippen LogP contribution in [-0.2, 0) is 4.74 Å². The van der Waals surface area contributed by atoms with Gasteiger partial charge in [0.2, 0.25) is 0 Å². The maximum Gasteiger partial charge on any atom is 0.0485 e. The van der Waals surface area contributed by atoms with Crippen molar-refractivity contribution < 1.29 is 4.74 Å². The van der Waals surface area contributed by atoms with Crippen LogP contribution in [0.3, 0.4) is 0 Å². The largest absolute Gasteiger partial charge is 0.381 e. The fraction of sp³-hybridized carbons (Fsp3) is 0.692. The highest BCUT2D eigenvalue weighted by Crippen LogP contribution is 2.16. The lowest BCUT2D eigenvalue weighted by molar-refractivity contribution is 0.0466. The maximum atomic E-state index is 5.39. The summed E-state index contributed by atoms with van der Waals surface area (Å²) in [5.41, 5.74) is 0. The third kappa shape index (κ3) is 4.52. The van der Waals surface area contributed by atoms with Gasteiger partial charge in [-0.1, -0.05) is 26.5 Å². The van der Waals surface area contributed by atoms with Crippen molar-refractivity contribution in [2.75, 3.05) is 19.8 Å². The SMILES string of the molecule is C=C/C=C/N(CC(C)C)C1CCOCC1. The van der Waals surface area contributed by atoms with Crippen LogP contribution in [0.1, 0.15) is 26.7 Å². The van der Waals surface area contributed by atoms with Gasteiger partial charge in [-0.3, -0.25) is 0 Å². The molecular weight excluding hydrogens is 186 g/mol. The van der Waals surface area contributed by atoms with Gasteiger partial charge < -0.3 is 9.64 Å². The topological polar surface area (TPSA) is 12.5 Å². The van der Waals surface area contributed by atoms with Crippen molar-refractivity contribution in [3.05, 3.63) is 24.9 Å². The van der Waals surface area contributed by atoms with Gasteiger partial charge in [0.15, 0.2) is 0 Å². The Balaban J connectivity index is 2.52. The van der Waals surface area contributed by atoms with Crippen LogP contribution in [0.5, 0.6) is 0 Å². The highest BCUT2D eigenvalue weighted by Gasteiger charge is 2.19.